The van der Waals surface area contributed by atoms with Crippen molar-refractivity contribution in [3.63, 3.8) is 0 Å². The molecule has 0 spiro atoms. The van der Waals surface area contributed by atoms with E-state index in [0.29, 0.717) is 23.1 Å². The molecule has 0 radical (unpaired) electrons. The van der Waals surface area contributed by atoms with Crippen molar-refractivity contribution in [1.29, 1.82) is 0 Å². The van der Waals surface area contributed by atoms with Gasteiger partial charge in [0.1, 0.15) is 0 Å². The summed E-state index contributed by atoms with van der Waals surface area (Å²) in [6, 6.07) is 2.01. The van der Waals surface area contributed by atoms with Gasteiger partial charge < -0.3 is 5.73 Å². The number of hydrogen-bond acceptors (Lipinski definition) is 3. The fraction of sp³-hybridized carbons (Fsp3) is 0.385. The van der Waals surface area contributed by atoms with Crippen molar-refractivity contribution in [2.75, 3.05) is 5.73 Å². The second-order valence-corrected chi connectivity index (χ2v) is 4.93. The van der Waals surface area contributed by atoms with Gasteiger partial charge in [0.2, 0.25) is 0 Å². The summed E-state index contributed by atoms with van der Waals surface area (Å²) in [7, 11) is 1.70. The normalized spacial score (nSPS) is 11.3. The third-order valence-corrected chi connectivity index (χ3v) is 2.73. The number of aromatic nitrogens is 3. The van der Waals surface area contributed by atoms with Crippen LogP contribution >= 0.6 is 0 Å². The Morgan fingerprint density at radius 1 is 1.26 bits per heavy atom. The maximum atomic E-state index is 13.3. The van der Waals surface area contributed by atoms with Gasteiger partial charge in [0.05, 0.1) is 0 Å². The molecule has 19 heavy (non-hydrogen) atoms. The highest BCUT2D eigenvalue weighted by Gasteiger charge is 2.16. The molecule has 4 nitrogen and oxygen atoms in total. The predicted octanol–water partition coefficient (Wildman–Crippen LogP) is 2.54. The van der Waals surface area contributed by atoms with Crippen LogP contribution in [0.4, 0.5) is 14.5 Å². The lowest BCUT2D eigenvalue weighted by Gasteiger charge is -2.05. The first-order valence-corrected chi connectivity index (χ1v) is 6.03. The smallest absolute Gasteiger partial charge is 0.160 e. The van der Waals surface area contributed by atoms with Gasteiger partial charge in [-0.3, -0.25) is 0 Å². The summed E-state index contributed by atoms with van der Waals surface area (Å²) >= 11 is 0. The zero-order chi connectivity index (χ0) is 14.2. The van der Waals surface area contributed by atoms with Gasteiger partial charge in [0, 0.05) is 30.8 Å². The van der Waals surface area contributed by atoms with Crippen LogP contribution in [-0.4, -0.2) is 14.8 Å². The Morgan fingerprint density at radius 3 is 2.53 bits per heavy atom. The number of halogens is 2. The molecule has 0 aliphatic rings. The Kier molecular flexibility index (Phi) is 3.50. The van der Waals surface area contributed by atoms with Gasteiger partial charge in [-0.25, -0.2) is 18.4 Å². The average Bonchev–Trinajstić information content (AvgIpc) is 2.63. The third-order valence-electron chi connectivity index (χ3n) is 2.73. The number of hydrogen-bond donors (Lipinski definition) is 1. The van der Waals surface area contributed by atoms with E-state index >= 15 is 0 Å². The van der Waals surface area contributed by atoms with E-state index in [1.807, 2.05) is 0 Å². The number of aryl methyl sites for hydroxylation is 1. The van der Waals surface area contributed by atoms with Crippen molar-refractivity contribution in [1.82, 2.24) is 14.8 Å². The molecule has 0 saturated carbocycles. The van der Waals surface area contributed by atoms with Crippen LogP contribution in [0.15, 0.2) is 12.1 Å². The number of anilines is 1. The summed E-state index contributed by atoms with van der Waals surface area (Å²) in [4.78, 5) is 4.33. The standard InChI is InChI=1S/C13H16F2N4/c1-7(2)4-12-17-13(19(3)18-12)8-5-9(14)10(15)6-11(8)16/h5-7H,4,16H2,1-3H3. The summed E-state index contributed by atoms with van der Waals surface area (Å²) in [5, 5.41) is 4.25. The van der Waals surface area contributed by atoms with E-state index in [1.165, 1.54) is 4.68 Å². The molecule has 2 aromatic rings. The first-order chi connectivity index (χ1) is 8.88. The predicted molar refractivity (Wildman–Crippen MR) is 69.3 cm³/mol. The highest BCUT2D eigenvalue weighted by Crippen LogP contribution is 2.26. The van der Waals surface area contributed by atoms with Gasteiger partial charge in [-0.05, 0) is 12.0 Å². The van der Waals surface area contributed by atoms with Crippen LogP contribution < -0.4 is 5.73 Å². The average molecular weight is 266 g/mol. The molecule has 1 aromatic heterocycles. The number of nitrogen functional groups attached to an aromatic ring is 1. The molecule has 0 amide bonds. The van der Waals surface area contributed by atoms with Gasteiger partial charge in [0.25, 0.3) is 0 Å². The summed E-state index contributed by atoms with van der Waals surface area (Å²) in [6.45, 7) is 4.11. The van der Waals surface area contributed by atoms with Crippen molar-refractivity contribution < 1.29 is 8.78 Å². The summed E-state index contributed by atoms with van der Waals surface area (Å²) < 4.78 is 27.9. The fourth-order valence-electron chi connectivity index (χ4n) is 1.88. The lowest BCUT2D eigenvalue weighted by molar-refractivity contribution is 0.509. The minimum Gasteiger partial charge on any atom is -0.398 e. The topological polar surface area (TPSA) is 56.7 Å². The minimum absolute atomic E-state index is 0.144. The number of rotatable bonds is 3. The van der Waals surface area contributed by atoms with Crippen LogP contribution in [0.25, 0.3) is 11.4 Å². The number of nitrogens with zero attached hydrogens (tertiary/aromatic N) is 3. The van der Waals surface area contributed by atoms with Crippen LogP contribution in [0.5, 0.6) is 0 Å². The van der Waals surface area contributed by atoms with Crippen LogP contribution in [0.2, 0.25) is 0 Å². The Bertz CT molecular complexity index is 605. The quantitative estimate of drug-likeness (QED) is 0.868. The molecule has 0 aliphatic heterocycles. The molecule has 0 saturated heterocycles. The molecule has 1 aromatic carbocycles. The molecule has 102 valence electrons. The van der Waals surface area contributed by atoms with E-state index in [4.69, 9.17) is 5.73 Å². The zero-order valence-corrected chi connectivity index (χ0v) is 11.1. The summed E-state index contributed by atoms with van der Waals surface area (Å²) in [5.41, 5.74) is 6.21. The summed E-state index contributed by atoms with van der Waals surface area (Å²) in [5.74, 6) is -0.398. The molecule has 0 bridgehead atoms. The van der Waals surface area contributed by atoms with Crippen LogP contribution in [0.3, 0.4) is 0 Å². The lowest BCUT2D eigenvalue weighted by atomic mass is 10.1. The molecular formula is C13H16F2N4. The van der Waals surface area contributed by atoms with Gasteiger partial charge in [-0.2, -0.15) is 5.10 Å². The molecule has 1 heterocycles. The van der Waals surface area contributed by atoms with E-state index in [0.717, 1.165) is 18.6 Å². The Hall–Kier alpha value is -1.98. The minimum atomic E-state index is -0.967. The maximum absolute atomic E-state index is 13.3. The van der Waals surface area contributed by atoms with Gasteiger partial charge >= 0.3 is 0 Å². The first-order valence-electron chi connectivity index (χ1n) is 6.03. The molecule has 0 fully saturated rings. The molecule has 0 aliphatic carbocycles. The van der Waals surface area contributed by atoms with Crippen LogP contribution in [-0.2, 0) is 13.5 Å². The van der Waals surface area contributed by atoms with E-state index in [9.17, 15) is 8.78 Å². The Labute approximate surface area is 110 Å². The largest absolute Gasteiger partial charge is 0.398 e. The van der Waals surface area contributed by atoms with Gasteiger partial charge in [-0.15, -0.1) is 0 Å². The molecular weight excluding hydrogens is 250 g/mol. The Balaban J connectivity index is 2.47. The van der Waals surface area contributed by atoms with Gasteiger partial charge in [0.15, 0.2) is 23.3 Å². The van der Waals surface area contributed by atoms with Gasteiger partial charge in [-0.1, -0.05) is 13.8 Å². The SMILES string of the molecule is CC(C)Cc1nc(-c2cc(F)c(F)cc2N)n(C)n1. The van der Waals surface area contributed by atoms with Crippen molar-refractivity contribution >= 4 is 5.69 Å². The van der Waals surface area contributed by atoms with E-state index in [-0.39, 0.29) is 5.69 Å². The highest BCUT2D eigenvalue weighted by molar-refractivity contribution is 5.71. The second kappa shape index (κ2) is 4.95. The molecule has 0 atom stereocenters. The monoisotopic (exact) mass is 266 g/mol. The van der Waals surface area contributed by atoms with Crippen molar-refractivity contribution in [3.8, 4) is 11.4 Å². The van der Waals surface area contributed by atoms with E-state index in [1.54, 1.807) is 7.05 Å². The zero-order valence-electron chi connectivity index (χ0n) is 11.1. The lowest BCUT2D eigenvalue weighted by Crippen LogP contribution is -2.00. The van der Waals surface area contributed by atoms with Crippen molar-refractivity contribution in [3.05, 3.63) is 29.6 Å². The van der Waals surface area contributed by atoms with Crippen molar-refractivity contribution in [2.24, 2.45) is 13.0 Å². The molecule has 0 unspecified atom stereocenters. The second-order valence-electron chi connectivity index (χ2n) is 4.93. The van der Waals surface area contributed by atoms with E-state index < -0.39 is 11.6 Å². The fourth-order valence-corrected chi connectivity index (χ4v) is 1.88. The third kappa shape index (κ3) is 2.72. The number of benzene rings is 1. The van der Waals surface area contributed by atoms with Crippen LogP contribution in [0, 0.1) is 17.6 Å². The van der Waals surface area contributed by atoms with Crippen molar-refractivity contribution in [2.45, 2.75) is 20.3 Å². The molecule has 2 N–H and O–H groups in total. The molecule has 6 heteroatoms. The van der Waals surface area contributed by atoms with E-state index in [2.05, 4.69) is 23.9 Å². The summed E-state index contributed by atoms with van der Waals surface area (Å²) in [6.07, 6.45) is 0.720. The highest BCUT2D eigenvalue weighted by atomic mass is 19.2. The maximum Gasteiger partial charge on any atom is 0.160 e. The molecule has 2 rings (SSSR count). The first kappa shape index (κ1) is 13.5. The van der Waals surface area contributed by atoms with Crippen LogP contribution in [0.1, 0.15) is 19.7 Å². The number of nitrogens with two attached hydrogens (primary N) is 1. The Morgan fingerprint density at radius 2 is 1.89 bits per heavy atom.